The van der Waals surface area contributed by atoms with Crippen LogP contribution in [0.25, 0.3) is 0 Å². The molecule has 0 heterocycles. The maximum absolute atomic E-state index is 11.9. The Labute approximate surface area is 110 Å². The van der Waals surface area contributed by atoms with Gasteiger partial charge in [0.15, 0.2) is 0 Å². The molecule has 19 heavy (non-hydrogen) atoms. The number of halogens is 3. The van der Waals surface area contributed by atoms with Crippen molar-refractivity contribution < 1.29 is 27.8 Å². The lowest BCUT2D eigenvalue weighted by atomic mass is 9.84. The molecule has 0 saturated heterocycles. The van der Waals surface area contributed by atoms with Crippen molar-refractivity contribution in [2.24, 2.45) is 5.92 Å². The molecule has 0 bridgehead atoms. The van der Waals surface area contributed by atoms with E-state index in [0.29, 0.717) is 25.8 Å². The molecule has 1 saturated carbocycles. The molecule has 0 amide bonds. The van der Waals surface area contributed by atoms with Crippen LogP contribution in [0.2, 0.25) is 0 Å². The second-order valence-corrected chi connectivity index (χ2v) is 4.85. The largest absolute Gasteiger partial charge is 0.480 e. The minimum absolute atomic E-state index is 0.0649. The van der Waals surface area contributed by atoms with Crippen LogP contribution >= 0.6 is 0 Å². The Hall–Kier alpha value is -0.820. The minimum atomic E-state index is -4.33. The summed E-state index contributed by atoms with van der Waals surface area (Å²) in [6, 6.07) is 0. The maximum atomic E-state index is 11.9. The number of nitrogens with one attached hydrogen (secondary N) is 1. The van der Waals surface area contributed by atoms with E-state index in [1.807, 2.05) is 6.92 Å². The molecule has 112 valence electrons. The highest BCUT2D eigenvalue weighted by Crippen LogP contribution is 2.38. The molecule has 1 aliphatic rings. The van der Waals surface area contributed by atoms with E-state index >= 15 is 0 Å². The van der Waals surface area contributed by atoms with Crippen molar-refractivity contribution in [3.05, 3.63) is 0 Å². The number of alkyl halides is 3. The van der Waals surface area contributed by atoms with Crippen LogP contribution < -0.4 is 5.32 Å². The summed E-state index contributed by atoms with van der Waals surface area (Å²) < 4.78 is 40.3. The third-order valence-electron chi connectivity index (χ3n) is 3.57. The number of hydrogen-bond donors (Lipinski definition) is 2. The number of rotatable bonds is 7. The molecule has 2 unspecified atom stereocenters. The Bertz CT molecular complexity index is 309. The highest BCUT2D eigenvalue weighted by molar-refractivity contribution is 5.79. The Kier molecular flexibility index (Phi) is 5.61. The molecule has 0 aliphatic heterocycles. The first-order valence-corrected chi connectivity index (χ1v) is 6.44. The molecule has 1 rings (SSSR count). The van der Waals surface area contributed by atoms with Crippen LogP contribution in [-0.2, 0) is 9.53 Å². The molecule has 4 nitrogen and oxygen atoms in total. The fourth-order valence-electron chi connectivity index (χ4n) is 2.79. The number of carbonyl (C=O) groups is 1. The average Bonchev–Trinajstić information content (AvgIpc) is 2.68. The van der Waals surface area contributed by atoms with Gasteiger partial charge in [0.05, 0.1) is 0 Å². The zero-order valence-corrected chi connectivity index (χ0v) is 10.9. The summed E-state index contributed by atoms with van der Waals surface area (Å²) in [6.07, 6.45) is -2.02. The standard InChI is InChI=1S/C12H20F3NO3/c1-2-16-11(10(17)18)6-3-4-9(11)5-7-19-8-12(13,14)15/h9,16H,2-8H2,1H3,(H,17,18). The number of hydrogen-bond acceptors (Lipinski definition) is 3. The molecule has 0 aromatic rings. The quantitative estimate of drug-likeness (QED) is 0.703. The number of aliphatic carboxylic acids is 1. The summed E-state index contributed by atoms with van der Waals surface area (Å²) in [5, 5.41) is 12.4. The lowest BCUT2D eigenvalue weighted by Gasteiger charge is -2.32. The summed E-state index contributed by atoms with van der Waals surface area (Å²) in [5.41, 5.74) is -1.00. The van der Waals surface area contributed by atoms with Crippen LogP contribution in [0.15, 0.2) is 0 Å². The number of carboxylic acid groups (broad SMARTS) is 1. The molecule has 0 spiro atoms. The van der Waals surface area contributed by atoms with Crippen LogP contribution in [0.1, 0.15) is 32.6 Å². The second-order valence-electron chi connectivity index (χ2n) is 4.85. The van der Waals surface area contributed by atoms with E-state index in [-0.39, 0.29) is 12.5 Å². The van der Waals surface area contributed by atoms with Crippen LogP contribution in [0, 0.1) is 5.92 Å². The predicted molar refractivity (Wildman–Crippen MR) is 62.9 cm³/mol. The van der Waals surface area contributed by atoms with Gasteiger partial charge in [-0.3, -0.25) is 4.79 Å². The van der Waals surface area contributed by atoms with Gasteiger partial charge >= 0.3 is 12.1 Å². The van der Waals surface area contributed by atoms with Gasteiger partial charge in [-0.1, -0.05) is 13.3 Å². The van der Waals surface area contributed by atoms with Crippen molar-refractivity contribution in [1.29, 1.82) is 0 Å². The molecular formula is C12H20F3NO3. The highest BCUT2D eigenvalue weighted by atomic mass is 19.4. The minimum Gasteiger partial charge on any atom is -0.480 e. The third kappa shape index (κ3) is 4.35. The van der Waals surface area contributed by atoms with E-state index in [1.54, 1.807) is 0 Å². The molecule has 0 radical (unpaired) electrons. The van der Waals surface area contributed by atoms with Gasteiger partial charge in [0, 0.05) is 6.61 Å². The van der Waals surface area contributed by atoms with Crippen LogP contribution in [-0.4, -0.2) is 42.5 Å². The maximum Gasteiger partial charge on any atom is 0.411 e. The van der Waals surface area contributed by atoms with E-state index in [0.717, 1.165) is 6.42 Å². The lowest BCUT2D eigenvalue weighted by molar-refractivity contribution is -0.175. The lowest BCUT2D eigenvalue weighted by Crippen LogP contribution is -2.55. The molecule has 1 aliphatic carbocycles. The van der Waals surface area contributed by atoms with Gasteiger partial charge in [0.1, 0.15) is 12.1 Å². The van der Waals surface area contributed by atoms with Gasteiger partial charge in [-0.25, -0.2) is 0 Å². The number of carboxylic acids is 1. The summed E-state index contributed by atoms with van der Waals surface area (Å²) in [6.45, 7) is 0.998. The number of ether oxygens (including phenoxy) is 1. The van der Waals surface area contributed by atoms with Crippen molar-refractivity contribution in [3.8, 4) is 0 Å². The second kappa shape index (κ2) is 6.56. The van der Waals surface area contributed by atoms with Gasteiger partial charge in [-0.2, -0.15) is 13.2 Å². The Morgan fingerprint density at radius 1 is 1.53 bits per heavy atom. The van der Waals surface area contributed by atoms with Crippen molar-refractivity contribution >= 4 is 5.97 Å². The van der Waals surface area contributed by atoms with Gasteiger partial charge in [0.2, 0.25) is 0 Å². The summed E-state index contributed by atoms with van der Waals surface area (Å²) in [5.74, 6) is -1.11. The first-order chi connectivity index (χ1) is 8.82. The van der Waals surface area contributed by atoms with Crippen molar-refractivity contribution in [1.82, 2.24) is 5.32 Å². The average molecular weight is 283 g/mol. The Balaban J connectivity index is 2.49. The van der Waals surface area contributed by atoms with Gasteiger partial charge in [-0.05, 0) is 31.7 Å². The van der Waals surface area contributed by atoms with E-state index in [9.17, 15) is 23.1 Å². The van der Waals surface area contributed by atoms with Gasteiger partial charge < -0.3 is 15.2 Å². The first-order valence-electron chi connectivity index (χ1n) is 6.44. The molecular weight excluding hydrogens is 263 g/mol. The monoisotopic (exact) mass is 283 g/mol. The summed E-state index contributed by atoms with van der Waals surface area (Å²) in [7, 11) is 0. The van der Waals surface area contributed by atoms with E-state index in [2.05, 4.69) is 10.1 Å². The summed E-state index contributed by atoms with van der Waals surface area (Å²) in [4.78, 5) is 11.4. The fraction of sp³-hybridized carbons (Fsp3) is 0.917. The van der Waals surface area contributed by atoms with Crippen molar-refractivity contribution in [3.63, 3.8) is 0 Å². The van der Waals surface area contributed by atoms with Gasteiger partial charge in [0.25, 0.3) is 0 Å². The van der Waals surface area contributed by atoms with Crippen molar-refractivity contribution in [2.45, 2.75) is 44.3 Å². The van der Waals surface area contributed by atoms with Crippen LogP contribution in [0.3, 0.4) is 0 Å². The van der Waals surface area contributed by atoms with E-state index in [1.165, 1.54) is 0 Å². The van der Waals surface area contributed by atoms with Crippen LogP contribution in [0.5, 0.6) is 0 Å². The molecule has 0 aromatic carbocycles. The smallest absolute Gasteiger partial charge is 0.411 e. The van der Waals surface area contributed by atoms with E-state index < -0.39 is 24.3 Å². The highest BCUT2D eigenvalue weighted by Gasteiger charge is 2.48. The normalized spacial score (nSPS) is 27.7. The first kappa shape index (κ1) is 16.2. The summed E-state index contributed by atoms with van der Waals surface area (Å²) >= 11 is 0. The number of likely N-dealkylation sites (N-methyl/N-ethyl adjacent to an activating group) is 1. The third-order valence-corrected chi connectivity index (χ3v) is 3.57. The SMILES string of the molecule is CCNC1(C(=O)O)CCCC1CCOCC(F)(F)F. The predicted octanol–water partition coefficient (Wildman–Crippen LogP) is 2.19. The molecule has 2 N–H and O–H groups in total. The van der Waals surface area contributed by atoms with Crippen molar-refractivity contribution in [2.75, 3.05) is 19.8 Å². The topological polar surface area (TPSA) is 58.6 Å². The molecule has 7 heteroatoms. The Morgan fingerprint density at radius 3 is 2.74 bits per heavy atom. The van der Waals surface area contributed by atoms with E-state index in [4.69, 9.17) is 0 Å². The fourth-order valence-corrected chi connectivity index (χ4v) is 2.79. The van der Waals surface area contributed by atoms with Crippen LogP contribution in [0.4, 0.5) is 13.2 Å². The van der Waals surface area contributed by atoms with Gasteiger partial charge in [-0.15, -0.1) is 0 Å². The molecule has 0 aromatic heterocycles. The zero-order valence-electron chi connectivity index (χ0n) is 10.9. The molecule has 1 fully saturated rings. The Morgan fingerprint density at radius 2 is 2.21 bits per heavy atom. The molecule has 2 atom stereocenters. The zero-order chi connectivity index (χ0) is 14.5.